The molecule has 0 spiro atoms. The summed E-state index contributed by atoms with van der Waals surface area (Å²) in [6, 6.07) is 20.1. The van der Waals surface area contributed by atoms with Gasteiger partial charge in [-0.05, 0) is 42.5 Å². The molecule has 134 valence electrons. The number of carbonyl (C=O) groups excluding carboxylic acids is 2. The molecule has 0 aromatic heterocycles. The second-order valence-electron chi connectivity index (χ2n) is 5.47. The maximum absolute atomic E-state index is 12.5. The third-order valence-corrected chi connectivity index (χ3v) is 3.61. The molecule has 6 heteroatoms. The van der Waals surface area contributed by atoms with Crippen molar-refractivity contribution in [2.45, 2.75) is 0 Å². The molecule has 3 aromatic carbocycles. The second kappa shape index (κ2) is 7.97. The van der Waals surface area contributed by atoms with E-state index in [4.69, 9.17) is 14.6 Å². The van der Waals surface area contributed by atoms with Gasteiger partial charge >= 0.3 is 17.9 Å². The third-order valence-electron chi connectivity index (χ3n) is 3.61. The van der Waals surface area contributed by atoms with Gasteiger partial charge in [0.05, 0.1) is 16.7 Å². The van der Waals surface area contributed by atoms with Crippen molar-refractivity contribution in [2.75, 3.05) is 0 Å². The summed E-state index contributed by atoms with van der Waals surface area (Å²) < 4.78 is 10.5. The molecule has 0 unspecified atom stereocenters. The van der Waals surface area contributed by atoms with Crippen molar-refractivity contribution in [1.29, 1.82) is 0 Å². The van der Waals surface area contributed by atoms with E-state index in [2.05, 4.69) is 0 Å². The molecule has 0 atom stereocenters. The fourth-order valence-electron chi connectivity index (χ4n) is 2.34. The lowest BCUT2D eigenvalue weighted by molar-refractivity contribution is 0.0684. The fraction of sp³-hybridized carbons (Fsp3) is 0. The van der Waals surface area contributed by atoms with E-state index in [9.17, 15) is 14.4 Å². The molecule has 0 bridgehead atoms. The Hall–Kier alpha value is -3.93. The number of rotatable bonds is 5. The first-order chi connectivity index (χ1) is 13.0. The lowest BCUT2D eigenvalue weighted by atomic mass is 10.1. The normalized spacial score (nSPS) is 10.1. The first kappa shape index (κ1) is 17.9. The molecule has 1 N–H and O–H groups in total. The summed E-state index contributed by atoms with van der Waals surface area (Å²) in [5.74, 6) is -2.23. The number of ether oxygens (including phenoxy) is 2. The van der Waals surface area contributed by atoms with Crippen LogP contribution in [0.15, 0.2) is 78.9 Å². The number of benzene rings is 3. The van der Waals surface area contributed by atoms with Gasteiger partial charge in [-0.1, -0.05) is 36.4 Å². The van der Waals surface area contributed by atoms with Crippen molar-refractivity contribution in [3.05, 3.63) is 95.6 Å². The Balaban J connectivity index is 1.82. The van der Waals surface area contributed by atoms with Gasteiger partial charge in [0.2, 0.25) is 0 Å². The van der Waals surface area contributed by atoms with Crippen molar-refractivity contribution < 1.29 is 29.0 Å². The number of carbonyl (C=O) groups is 3. The standard InChI is InChI=1S/C21H14O6/c22-19(23)14-7-6-10-16(13-14)27-21(25)18-12-5-4-11-17(18)20(24)26-15-8-2-1-3-9-15/h1-13H,(H,22,23). The number of carboxylic acids is 1. The predicted octanol–water partition coefficient (Wildman–Crippen LogP) is 3.82. The molecule has 0 amide bonds. The minimum absolute atomic E-state index is 0.0131. The average molecular weight is 362 g/mol. The number of hydrogen-bond donors (Lipinski definition) is 1. The number of para-hydroxylation sites is 1. The Bertz CT molecular complexity index is 994. The maximum atomic E-state index is 12.5. The minimum Gasteiger partial charge on any atom is -0.478 e. The molecular formula is C21H14O6. The molecule has 0 heterocycles. The van der Waals surface area contributed by atoms with Crippen LogP contribution in [-0.4, -0.2) is 23.0 Å². The molecule has 0 aliphatic carbocycles. The van der Waals surface area contributed by atoms with Crippen LogP contribution in [0.1, 0.15) is 31.1 Å². The van der Waals surface area contributed by atoms with E-state index in [1.807, 2.05) is 0 Å². The molecule has 0 fully saturated rings. The van der Waals surface area contributed by atoms with Gasteiger partial charge in [0.25, 0.3) is 0 Å². The summed E-state index contributed by atoms with van der Waals surface area (Å²) >= 11 is 0. The highest BCUT2D eigenvalue weighted by Crippen LogP contribution is 2.19. The van der Waals surface area contributed by atoms with E-state index in [-0.39, 0.29) is 22.4 Å². The fourth-order valence-corrected chi connectivity index (χ4v) is 2.34. The molecule has 0 radical (unpaired) electrons. The van der Waals surface area contributed by atoms with Crippen LogP contribution in [0.4, 0.5) is 0 Å². The van der Waals surface area contributed by atoms with Crippen LogP contribution in [0, 0.1) is 0 Å². The zero-order valence-corrected chi connectivity index (χ0v) is 14.0. The Kier molecular flexibility index (Phi) is 5.28. The van der Waals surface area contributed by atoms with Crippen LogP contribution >= 0.6 is 0 Å². The van der Waals surface area contributed by atoms with Gasteiger partial charge in [0.1, 0.15) is 11.5 Å². The highest BCUT2D eigenvalue weighted by Gasteiger charge is 2.20. The molecule has 6 nitrogen and oxygen atoms in total. The van der Waals surface area contributed by atoms with Crippen molar-refractivity contribution in [2.24, 2.45) is 0 Å². The molecule has 0 aliphatic heterocycles. The second-order valence-corrected chi connectivity index (χ2v) is 5.47. The topological polar surface area (TPSA) is 89.9 Å². The zero-order chi connectivity index (χ0) is 19.2. The summed E-state index contributed by atoms with van der Waals surface area (Å²) in [5.41, 5.74) is 0.0389. The number of aromatic carboxylic acids is 1. The summed E-state index contributed by atoms with van der Waals surface area (Å²) in [4.78, 5) is 35.9. The molecule has 3 aromatic rings. The van der Waals surface area contributed by atoms with Crippen LogP contribution in [0.5, 0.6) is 11.5 Å². The molecule has 0 saturated heterocycles. The van der Waals surface area contributed by atoms with Gasteiger partial charge in [-0.15, -0.1) is 0 Å². The van der Waals surface area contributed by atoms with Crippen LogP contribution in [0.25, 0.3) is 0 Å². The van der Waals surface area contributed by atoms with Gasteiger partial charge in [-0.3, -0.25) is 0 Å². The zero-order valence-electron chi connectivity index (χ0n) is 14.0. The molecular weight excluding hydrogens is 348 g/mol. The lowest BCUT2D eigenvalue weighted by Crippen LogP contribution is -2.17. The van der Waals surface area contributed by atoms with Gasteiger partial charge in [-0.25, -0.2) is 14.4 Å². The average Bonchev–Trinajstić information content (AvgIpc) is 2.69. The Morgan fingerprint density at radius 1 is 0.630 bits per heavy atom. The van der Waals surface area contributed by atoms with E-state index in [1.165, 1.54) is 36.4 Å². The number of hydrogen-bond acceptors (Lipinski definition) is 5. The van der Waals surface area contributed by atoms with E-state index in [0.29, 0.717) is 5.75 Å². The first-order valence-electron chi connectivity index (χ1n) is 7.96. The summed E-state index contributed by atoms with van der Waals surface area (Å²) in [6.45, 7) is 0. The summed E-state index contributed by atoms with van der Waals surface area (Å²) in [7, 11) is 0. The Labute approximate surface area is 154 Å². The summed E-state index contributed by atoms with van der Waals surface area (Å²) in [6.07, 6.45) is 0. The summed E-state index contributed by atoms with van der Waals surface area (Å²) in [5, 5.41) is 9.02. The largest absolute Gasteiger partial charge is 0.478 e. The smallest absolute Gasteiger partial charge is 0.344 e. The van der Waals surface area contributed by atoms with Crippen molar-refractivity contribution in [1.82, 2.24) is 0 Å². The van der Waals surface area contributed by atoms with Gasteiger partial charge in [-0.2, -0.15) is 0 Å². The van der Waals surface area contributed by atoms with Crippen molar-refractivity contribution in [3.8, 4) is 11.5 Å². The van der Waals surface area contributed by atoms with E-state index < -0.39 is 17.9 Å². The first-order valence-corrected chi connectivity index (χ1v) is 7.96. The number of carboxylic acid groups (broad SMARTS) is 1. The van der Waals surface area contributed by atoms with Gasteiger partial charge in [0, 0.05) is 0 Å². The van der Waals surface area contributed by atoms with E-state index in [0.717, 1.165) is 0 Å². The maximum Gasteiger partial charge on any atom is 0.344 e. The highest BCUT2D eigenvalue weighted by molar-refractivity contribution is 6.04. The van der Waals surface area contributed by atoms with E-state index >= 15 is 0 Å². The highest BCUT2D eigenvalue weighted by atomic mass is 16.5. The third kappa shape index (κ3) is 4.38. The quantitative estimate of drug-likeness (QED) is 0.548. The van der Waals surface area contributed by atoms with Crippen LogP contribution in [0.3, 0.4) is 0 Å². The van der Waals surface area contributed by atoms with Crippen LogP contribution in [0.2, 0.25) is 0 Å². The lowest BCUT2D eigenvalue weighted by Gasteiger charge is -2.09. The monoisotopic (exact) mass is 362 g/mol. The van der Waals surface area contributed by atoms with Crippen LogP contribution < -0.4 is 9.47 Å². The van der Waals surface area contributed by atoms with Gasteiger partial charge in [0.15, 0.2) is 0 Å². The molecule has 0 saturated carbocycles. The predicted molar refractivity (Wildman–Crippen MR) is 96.2 cm³/mol. The SMILES string of the molecule is O=C(O)c1cccc(OC(=O)c2ccccc2C(=O)Oc2ccccc2)c1. The number of esters is 2. The Morgan fingerprint density at radius 3 is 1.74 bits per heavy atom. The molecule has 3 rings (SSSR count). The van der Waals surface area contributed by atoms with E-state index in [1.54, 1.807) is 42.5 Å². The van der Waals surface area contributed by atoms with Crippen molar-refractivity contribution in [3.63, 3.8) is 0 Å². The minimum atomic E-state index is -1.14. The van der Waals surface area contributed by atoms with Crippen molar-refractivity contribution >= 4 is 17.9 Å². The van der Waals surface area contributed by atoms with Gasteiger partial charge < -0.3 is 14.6 Å². The van der Waals surface area contributed by atoms with Crippen LogP contribution in [-0.2, 0) is 0 Å². The molecule has 27 heavy (non-hydrogen) atoms. The Morgan fingerprint density at radius 2 is 1.15 bits per heavy atom. The molecule has 0 aliphatic rings.